The number of rotatable bonds is 5. The monoisotopic (exact) mass is 339 g/mol. The van der Waals surface area contributed by atoms with Crippen molar-refractivity contribution in [2.24, 2.45) is 0 Å². The van der Waals surface area contributed by atoms with Crippen molar-refractivity contribution in [2.75, 3.05) is 26.7 Å². The number of amides is 1. The Labute approximate surface area is 148 Å². The average molecular weight is 339 g/mol. The summed E-state index contributed by atoms with van der Waals surface area (Å²) in [6.07, 6.45) is 9.28. The number of likely N-dealkylation sites (tertiary alicyclic amines) is 1. The second kappa shape index (κ2) is 8.16. The van der Waals surface area contributed by atoms with Gasteiger partial charge in [-0.2, -0.15) is 0 Å². The molecule has 0 N–H and O–H groups in total. The number of piperidine rings is 1. The third-order valence-electron chi connectivity index (χ3n) is 4.55. The molecule has 1 saturated heterocycles. The Bertz CT molecular complexity index is 706. The zero-order chi connectivity index (χ0) is 17.6. The van der Waals surface area contributed by atoms with Crippen LogP contribution < -0.4 is 0 Å². The molecule has 25 heavy (non-hydrogen) atoms. The molecule has 1 atom stereocenters. The highest BCUT2D eigenvalue weighted by molar-refractivity contribution is 5.78. The second-order valence-electron chi connectivity index (χ2n) is 6.80. The van der Waals surface area contributed by atoms with Crippen molar-refractivity contribution in [3.8, 4) is 0 Å². The van der Waals surface area contributed by atoms with Gasteiger partial charge < -0.3 is 4.90 Å². The molecule has 1 amide bonds. The van der Waals surface area contributed by atoms with Crippen LogP contribution in [0.25, 0.3) is 0 Å². The first-order valence-corrected chi connectivity index (χ1v) is 8.75. The summed E-state index contributed by atoms with van der Waals surface area (Å²) < 4.78 is 0. The third kappa shape index (κ3) is 4.82. The van der Waals surface area contributed by atoms with Crippen LogP contribution in [-0.4, -0.2) is 57.3 Å². The number of aromatic nitrogens is 3. The normalized spacial score (nSPS) is 17.7. The van der Waals surface area contributed by atoms with Gasteiger partial charge in [0.2, 0.25) is 5.91 Å². The SMILES string of the molecule is Cc1cncc([C@@H]2CCCN(C(=O)CN(C)Cc3cccnc3)C2)n1. The Hall–Kier alpha value is -2.34. The molecule has 0 spiro atoms. The average Bonchev–Trinajstić information content (AvgIpc) is 2.62. The van der Waals surface area contributed by atoms with Crippen LogP contribution in [0.5, 0.6) is 0 Å². The van der Waals surface area contributed by atoms with Gasteiger partial charge >= 0.3 is 0 Å². The fraction of sp³-hybridized carbons (Fsp3) is 0.474. The fourth-order valence-electron chi connectivity index (χ4n) is 3.31. The molecule has 3 rings (SSSR count). The quantitative estimate of drug-likeness (QED) is 0.834. The summed E-state index contributed by atoms with van der Waals surface area (Å²) in [6, 6.07) is 3.95. The molecule has 0 saturated carbocycles. The van der Waals surface area contributed by atoms with Gasteiger partial charge in [0.1, 0.15) is 0 Å². The maximum absolute atomic E-state index is 12.7. The number of hydrogen-bond donors (Lipinski definition) is 0. The first-order chi connectivity index (χ1) is 12.1. The summed E-state index contributed by atoms with van der Waals surface area (Å²) in [5, 5.41) is 0. The number of carbonyl (C=O) groups is 1. The van der Waals surface area contributed by atoms with E-state index in [0.29, 0.717) is 6.54 Å². The van der Waals surface area contributed by atoms with Crippen molar-refractivity contribution in [1.29, 1.82) is 0 Å². The van der Waals surface area contributed by atoms with Crippen LogP contribution in [0.3, 0.4) is 0 Å². The van der Waals surface area contributed by atoms with Crippen LogP contribution >= 0.6 is 0 Å². The summed E-state index contributed by atoms with van der Waals surface area (Å²) >= 11 is 0. The van der Waals surface area contributed by atoms with Crippen LogP contribution in [0.4, 0.5) is 0 Å². The van der Waals surface area contributed by atoms with Gasteiger partial charge in [-0.1, -0.05) is 6.07 Å². The van der Waals surface area contributed by atoms with E-state index < -0.39 is 0 Å². The predicted octanol–water partition coefficient (Wildman–Crippen LogP) is 2.02. The standard InChI is InChI=1S/C19H25N5O/c1-15-9-21-11-18(22-15)17-6-4-8-24(13-17)19(25)14-23(2)12-16-5-3-7-20-10-16/h3,5,7,9-11,17H,4,6,8,12-14H2,1-2H3/t17-/m1/s1. The highest BCUT2D eigenvalue weighted by atomic mass is 16.2. The highest BCUT2D eigenvalue weighted by Crippen LogP contribution is 2.25. The lowest BCUT2D eigenvalue weighted by molar-refractivity contribution is -0.133. The lowest BCUT2D eigenvalue weighted by Gasteiger charge is -2.33. The van der Waals surface area contributed by atoms with E-state index in [-0.39, 0.29) is 11.8 Å². The first kappa shape index (κ1) is 17.5. The lowest BCUT2D eigenvalue weighted by Crippen LogP contribution is -2.43. The topological polar surface area (TPSA) is 62.2 Å². The molecule has 0 unspecified atom stereocenters. The highest BCUT2D eigenvalue weighted by Gasteiger charge is 2.26. The third-order valence-corrected chi connectivity index (χ3v) is 4.55. The molecule has 6 heteroatoms. The molecular weight excluding hydrogens is 314 g/mol. The number of nitrogens with zero attached hydrogens (tertiary/aromatic N) is 5. The smallest absolute Gasteiger partial charge is 0.236 e. The Morgan fingerprint density at radius 1 is 1.32 bits per heavy atom. The first-order valence-electron chi connectivity index (χ1n) is 8.75. The minimum Gasteiger partial charge on any atom is -0.341 e. The fourth-order valence-corrected chi connectivity index (χ4v) is 3.31. The number of likely N-dealkylation sites (N-methyl/N-ethyl adjacent to an activating group) is 1. The molecule has 132 valence electrons. The number of aryl methyl sites for hydroxylation is 1. The number of hydrogen-bond acceptors (Lipinski definition) is 5. The van der Waals surface area contributed by atoms with Crippen molar-refractivity contribution in [2.45, 2.75) is 32.2 Å². The van der Waals surface area contributed by atoms with E-state index in [0.717, 1.165) is 49.4 Å². The molecule has 0 aromatic carbocycles. The molecule has 2 aromatic rings. The molecule has 0 bridgehead atoms. The molecule has 1 aliphatic rings. The van der Waals surface area contributed by atoms with Crippen LogP contribution in [0.1, 0.15) is 35.7 Å². The molecule has 1 aliphatic heterocycles. The van der Waals surface area contributed by atoms with Gasteiger partial charge in [0.05, 0.1) is 17.9 Å². The Morgan fingerprint density at radius 3 is 2.96 bits per heavy atom. The molecule has 3 heterocycles. The zero-order valence-corrected chi connectivity index (χ0v) is 14.9. The summed E-state index contributed by atoms with van der Waals surface area (Å²) in [7, 11) is 1.97. The second-order valence-corrected chi connectivity index (χ2v) is 6.80. The van der Waals surface area contributed by atoms with Gasteiger partial charge in [0, 0.05) is 50.3 Å². The Morgan fingerprint density at radius 2 is 2.20 bits per heavy atom. The van der Waals surface area contributed by atoms with E-state index in [4.69, 9.17) is 0 Å². The van der Waals surface area contributed by atoms with Gasteiger partial charge in [-0.15, -0.1) is 0 Å². The van der Waals surface area contributed by atoms with Gasteiger partial charge in [0.15, 0.2) is 0 Å². The lowest BCUT2D eigenvalue weighted by atomic mass is 9.95. The molecule has 0 aliphatic carbocycles. The molecule has 1 fully saturated rings. The Balaban J connectivity index is 1.56. The van der Waals surface area contributed by atoms with E-state index in [1.807, 2.05) is 48.3 Å². The summed E-state index contributed by atoms with van der Waals surface area (Å²) in [5.74, 6) is 0.463. The molecular formula is C19H25N5O. The van der Waals surface area contributed by atoms with Crippen LogP contribution in [0, 0.1) is 6.92 Å². The zero-order valence-electron chi connectivity index (χ0n) is 14.9. The summed E-state index contributed by atoms with van der Waals surface area (Å²) in [6.45, 7) is 4.66. The maximum Gasteiger partial charge on any atom is 0.236 e. The van der Waals surface area contributed by atoms with Crippen molar-refractivity contribution >= 4 is 5.91 Å². The molecule has 2 aromatic heterocycles. The van der Waals surface area contributed by atoms with Crippen LogP contribution in [-0.2, 0) is 11.3 Å². The number of carbonyl (C=O) groups excluding carboxylic acids is 1. The predicted molar refractivity (Wildman–Crippen MR) is 95.9 cm³/mol. The largest absolute Gasteiger partial charge is 0.341 e. The van der Waals surface area contributed by atoms with E-state index in [1.165, 1.54) is 0 Å². The van der Waals surface area contributed by atoms with Crippen molar-refractivity contribution < 1.29 is 4.79 Å². The minimum atomic E-state index is 0.178. The maximum atomic E-state index is 12.7. The van der Waals surface area contributed by atoms with Crippen molar-refractivity contribution in [3.05, 3.63) is 53.9 Å². The molecule has 6 nitrogen and oxygen atoms in total. The Kier molecular flexibility index (Phi) is 5.71. The van der Waals surface area contributed by atoms with Gasteiger partial charge in [-0.3, -0.25) is 24.6 Å². The summed E-state index contributed by atoms with van der Waals surface area (Å²) in [5.41, 5.74) is 3.04. The number of pyridine rings is 1. The van der Waals surface area contributed by atoms with Gasteiger partial charge in [0.25, 0.3) is 0 Å². The van der Waals surface area contributed by atoms with E-state index in [2.05, 4.69) is 15.0 Å². The van der Waals surface area contributed by atoms with Crippen molar-refractivity contribution in [1.82, 2.24) is 24.8 Å². The van der Waals surface area contributed by atoms with Crippen molar-refractivity contribution in [3.63, 3.8) is 0 Å². The summed E-state index contributed by atoms with van der Waals surface area (Å²) in [4.78, 5) is 29.6. The van der Waals surface area contributed by atoms with Gasteiger partial charge in [-0.05, 0) is 38.4 Å². The minimum absolute atomic E-state index is 0.178. The van der Waals surface area contributed by atoms with E-state index >= 15 is 0 Å². The van der Waals surface area contributed by atoms with E-state index in [1.54, 1.807) is 12.4 Å². The van der Waals surface area contributed by atoms with E-state index in [9.17, 15) is 4.79 Å². The van der Waals surface area contributed by atoms with Gasteiger partial charge in [-0.25, -0.2) is 0 Å². The van der Waals surface area contributed by atoms with Crippen LogP contribution in [0.15, 0.2) is 36.9 Å². The molecule has 0 radical (unpaired) electrons. The van der Waals surface area contributed by atoms with Crippen LogP contribution in [0.2, 0.25) is 0 Å².